The maximum atomic E-state index is 17.2. The number of anilines is 2. The van der Waals surface area contributed by atoms with Crippen LogP contribution in [-0.2, 0) is 9.59 Å². The van der Waals surface area contributed by atoms with Crippen LogP contribution in [-0.4, -0.2) is 69.5 Å². The Kier molecular flexibility index (Phi) is 7.76. The molecule has 3 N–H and O–H groups in total. The molecule has 0 spiro atoms. The van der Waals surface area contributed by atoms with E-state index in [2.05, 4.69) is 11.6 Å². The summed E-state index contributed by atoms with van der Waals surface area (Å²) in [4.78, 5) is 62.6. The minimum absolute atomic E-state index is 0.00591. The molecule has 0 aliphatic carbocycles. The zero-order chi connectivity index (χ0) is 34.9. The third-order valence-corrected chi connectivity index (χ3v) is 8.97. The predicted molar refractivity (Wildman–Crippen MR) is 173 cm³/mol. The number of amides is 3. The fourth-order valence-electron chi connectivity index (χ4n) is 6.76. The first kappa shape index (κ1) is 32.3. The highest BCUT2D eigenvalue weighted by molar-refractivity contribution is 6.13. The van der Waals surface area contributed by atoms with Gasteiger partial charge in [-0.25, -0.2) is 13.2 Å². The lowest BCUT2D eigenvalue weighted by Gasteiger charge is -2.50. The molecular weight excluding hydrogens is 629 g/mol. The van der Waals surface area contributed by atoms with Gasteiger partial charge in [-0.05, 0) is 43.2 Å². The Labute approximate surface area is 272 Å². The van der Waals surface area contributed by atoms with Crippen LogP contribution >= 0.6 is 0 Å². The Balaban J connectivity index is 1.83. The van der Waals surface area contributed by atoms with Crippen LogP contribution in [0, 0.1) is 17.5 Å². The van der Waals surface area contributed by atoms with Crippen molar-refractivity contribution < 1.29 is 32.7 Å². The first-order valence-corrected chi connectivity index (χ1v) is 15.1. The van der Waals surface area contributed by atoms with E-state index in [0.717, 1.165) is 39.8 Å². The largest absolute Gasteiger partial charge is 0.507 e. The number of benzene rings is 2. The molecule has 2 unspecified atom stereocenters. The number of rotatable bonds is 5. The van der Waals surface area contributed by atoms with Gasteiger partial charge in [-0.1, -0.05) is 26.5 Å². The number of likely N-dealkylation sites (N-methyl/N-ethyl adjacent to an activating group) is 1. The van der Waals surface area contributed by atoms with Crippen LogP contribution in [0.25, 0.3) is 27.7 Å². The van der Waals surface area contributed by atoms with Crippen LogP contribution in [0.3, 0.4) is 0 Å². The maximum absolute atomic E-state index is 17.2. The summed E-state index contributed by atoms with van der Waals surface area (Å²) < 4.78 is 49.5. The summed E-state index contributed by atoms with van der Waals surface area (Å²) in [5.74, 6) is -7.04. The number of piperazine rings is 1. The Hall–Kier alpha value is -5.66. The standard InChI is InChI=1S/C34H31F3N6O5/c1-6-23(45)41-14-21-33(47)40(5)31-30(42(21)13-16(41)4)18-12-20(36)25(24-19(35)8-7-9-22(24)44)26(37)28(18)43(34(31)48)29-17(32(38)46)10-11-39-27(29)15(2)3/h6-12,15-16,21,44H,1,13-14H2,2-5H3,(H2,38,46). The van der Waals surface area contributed by atoms with Gasteiger partial charge < -0.3 is 25.5 Å². The molecule has 1 saturated heterocycles. The van der Waals surface area contributed by atoms with Crippen LogP contribution < -0.4 is 21.1 Å². The third kappa shape index (κ3) is 4.61. The Morgan fingerprint density at radius 3 is 2.40 bits per heavy atom. The summed E-state index contributed by atoms with van der Waals surface area (Å²) in [5.41, 5.74) is 1.92. The number of hydrogen-bond donors (Lipinski definition) is 2. The number of hydrogen-bond acceptors (Lipinski definition) is 7. The summed E-state index contributed by atoms with van der Waals surface area (Å²) >= 11 is 0. The van der Waals surface area contributed by atoms with Gasteiger partial charge in [0, 0.05) is 31.2 Å². The van der Waals surface area contributed by atoms with Gasteiger partial charge in [-0.2, -0.15) is 0 Å². The lowest BCUT2D eigenvalue weighted by atomic mass is 9.94. The molecule has 2 aromatic carbocycles. The minimum atomic E-state index is -1.43. The average molecular weight is 661 g/mol. The highest BCUT2D eigenvalue weighted by Gasteiger charge is 2.46. The minimum Gasteiger partial charge on any atom is -0.507 e. The van der Waals surface area contributed by atoms with Gasteiger partial charge in [-0.15, -0.1) is 0 Å². The number of halogens is 3. The van der Waals surface area contributed by atoms with Crippen molar-refractivity contribution in [3.8, 4) is 22.6 Å². The van der Waals surface area contributed by atoms with Crippen LogP contribution in [0.2, 0.25) is 0 Å². The summed E-state index contributed by atoms with van der Waals surface area (Å²) in [7, 11) is 1.33. The molecule has 11 nitrogen and oxygen atoms in total. The van der Waals surface area contributed by atoms with Crippen LogP contribution in [0.5, 0.6) is 5.75 Å². The van der Waals surface area contributed by atoms with Gasteiger partial charge in [-0.3, -0.25) is 28.7 Å². The lowest BCUT2D eigenvalue weighted by Crippen LogP contribution is -2.66. The highest BCUT2D eigenvalue weighted by Crippen LogP contribution is 2.46. The molecule has 0 bridgehead atoms. The van der Waals surface area contributed by atoms with Crippen molar-refractivity contribution in [1.82, 2.24) is 14.5 Å². The van der Waals surface area contributed by atoms with Crippen molar-refractivity contribution in [3.05, 3.63) is 88.2 Å². The van der Waals surface area contributed by atoms with Gasteiger partial charge in [0.05, 0.1) is 45.8 Å². The maximum Gasteiger partial charge on any atom is 0.281 e. The monoisotopic (exact) mass is 660 g/mol. The summed E-state index contributed by atoms with van der Waals surface area (Å²) in [5, 5.41) is 10.4. The van der Waals surface area contributed by atoms with E-state index in [4.69, 9.17) is 5.73 Å². The quantitative estimate of drug-likeness (QED) is 0.309. The Morgan fingerprint density at radius 1 is 1.06 bits per heavy atom. The van der Waals surface area contributed by atoms with E-state index in [0.29, 0.717) is 0 Å². The van der Waals surface area contributed by atoms with Gasteiger partial charge in [0.2, 0.25) is 5.91 Å². The first-order valence-electron chi connectivity index (χ1n) is 15.1. The number of nitrogens with zero attached hydrogens (tertiary/aromatic N) is 5. The number of carbonyl (C=O) groups excluding carboxylic acids is 3. The number of primary amides is 1. The van der Waals surface area contributed by atoms with Crippen LogP contribution in [0.1, 0.15) is 42.7 Å². The van der Waals surface area contributed by atoms with Gasteiger partial charge in [0.25, 0.3) is 17.4 Å². The second-order valence-corrected chi connectivity index (χ2v) is 12.1. The molecule has 2 aromatic heterocycles. The van der Waals surface area contributed by atoms with Crippen LogP contribution in [0.15, 0.2) is 54.0 Å². The fraction of sp³-hybridized carbons (Fsp3) is 0.265. The SMILES string of the molecule is C=CC(=O)N1CC2C(=O)N(C)c3c(c4cc(F)c(-c5c(O)cccc5F)c(F)c4n(-c4c(C(N)=O)ccnc4C(C)C)c3=O)N2CC1C. The van der Waals surface area contributed by atoms with Crippen molar-refractivity contribution in [1.29, 1.82) is 0 Å². The molecular formula is C34H31F3N6O5. The van der Waals surface area contributed by atoms with Gasteiger partial charge in [0.15, 0.2) is 5.82 Å². The number of nitrogens with two attached hydrogens (primary N) is 1. The summed E-state index contributed by atoms with van der Waals surface area (Å²) in [6, 6.07) is 3.70. The Morgan fingerprint density at radius 2 is 1.77 bits per heavy atom. The van der Waals surface area contributed by atoms with E-state index in [9.17, 15) is 24.3 Å². The molecule has 1 fully saturated rings. The molecule has 4 aromatic rings. The molecule has 4 heterocycles. The van der Waals surface area contributed by atoms with Crippen molar-refractivity contribution >= 4 is 40.0 Å². The van der Waals surface area contributed by atoms with Crippen molar-refractivity contribution in [3.63, 3.8) is 0 Å². The van der Waals surface area contributed by atoms with E-state index >= 15 is 13.2 Å². The second kappa shape index (κ2) is 11.5. The number of phenols is 1. The zero-order valence-corrected chi connectivity index (χ0v) is 26.4. The topological polar surface area (TPSA) is 142 Å². The molecule has 14 heteroatoms. The molecule has 0 radical (unpaired) electrons. The molecule has 0 saturated carbocycles. The molecule has 48 heavy (non-hydrogen) atoms. The van der Waals surface area contributed by atoms with Crippen molar-refractivity contribution in [2.45, 2.75) is 38.8 Å². The van der Waals surface area contributed by atoms with Gasteiger partial charge in [0.1, 0.15) is 29.1 Å². The highest BCUT2D eigenvalue weighted by atomic mass is 19.1. The van der Waals surface area contributed by atoms with Crippen molar-refractivity contribution in [2.75, 3.05) is 29.9 Å². The third-order valence-electron chi connectivity index (χ3n) is 8.97. The molecule has 248 valence electrons. The number of phenolic OH excluding ortho intramolecular Hbond substituents is 1. The fourth-order valence-corrected chi connectivity index (χ4v) is 6.76. The number of pyridine rings is 2. The number of aromatic hydroxyl groups is 1. The van der Waals surface area contributed by atoms with E-state index in [1.807, 2.05) is 0 Å². The van der Waals surface area contributed by atoms with E-state index in [-0.39, 0.29) is 46.8 Å². The smallest absolute Gasteiger partial charge is 0.281 e. The summed E-state index contributed by atoms with van der Waals surface area (Å²) in [6.45, 7) is 8.55. The molecule has 6 rings (SSSR count). The van der Waals surface area contributed by atoms with Crippen LogP contribution in [0.4, 0.5) is 24.5 Å². The number of carbonyl (C=O) groups is 3. The lowest BCUT2D eigenvalue weighted by molar-refractivity contribution is -0.130. The van der Waals surface area contributed by atoms with E-state index in [1.54, 1.807) is 20.8 Å². The predicted octanol–water partition coefficient (Wildman–Crippen LogP) is 3.97. The normalized spacial score (nSPS) is 17.5. The number of aromatic nitrogens is 2. The van der Waals surface area contributed by atoms with E-state index in [1.165, 1.54) is 29.1 Å². The Bertz CT molecular complexity index is 2130. The van der Waals surface area contributed by atoms with Gasteiger partial charge >= 0.3 is 0 Å². The first-order chi connectivity index (χ1) is 22.7. The molecule has 2 aliphatic rings. The summed E-state index contributed by atoms with van der Waals surface area (Å²) in [6.07, 6.45) is 2.42. The molecule has 2 atom stereocenters. The second-order valence-electron chi connectivity index (χ2n) is 12.1. The number of fused-ring (bicyclic) bond motifs is 5. The molecule has 3 amide bonds. The molecule has 2 aliphatic heterocycles. The van der Waals surface area contributed by atoms with E-state index < -0.39 is 81.1 Å². The average Bonchev–Trinajstić information content (AvgIpc) is 3.03. The van der Waals surface area contributed by atoms with Crippen molar-refractivity contribution in [2.24, 2.45) is 5.73 Å². The zero-order valence-electron chi connectivity index (χ0n) is 26.4.